The van der Waals surface area contributed by atoms with Crippen LogP contribution in [0.3, 0.4) is 0 Å². The van der Waals surface area contributed by atoms with Crippen molar-refractivity contribution >= 4 is 5.91 Å². The van der Waals surface area contributed by atoms with Crippen molar-refractivity contribution in [3.63, 3.8) is 0 Å². The van der Waals surface area contributed by atoms with Crippen LogP contribution in [-0.2, 0) is 4.79 Å². The van der Waals surface area contributed by atoms with Gasteiger partial charge >= 0.3 is 0 Å². The number of nitrogens with zero attached hydrogens (tertiary/aromatic N) is 2. The Hall–Kier alpha value is -0.610. The van der Waals surface area contributed by atoms with E-state index >= 15 is 0 Å². The van der Waals surface area contributed by atoms with Crippen LogP contribution in [0.5, 0.6) is 0 Å². The predicted molar refractivity (Wildman–Crippen MR) is 73.7 cm³/mol. The fraction of sp³-hybridized carbons (Fsp3) is 0.933. The van der Waals surface area contributed by atoms with Crippen LogP contribution in [0.2, 0.25) is 0 Å². The Balaban J connectivity index is 1.51. The minimum atomic E-state index is -0.465. The Bertz CT molecular complexity index is 356. The zero-order valence-corrected chi connectivity index (χ0v) is 12.0. The molecule has 0 radical (unpaired) electrons. The maximum atomic E-state index is 11.6. The average Bonchev–Trinajstić information content (AvgIpc) is 2.79. The average molecular weight is 266 g/mol. The first kappa shape index (κ1) is 13.4. The molecule has 19 heavy (non-hydrogen) atoms. The lowest BCUT2D eigenvalue weighted by Crippen LogP contribution is -2.48. The van der Waals surface area contributed by atoms with E-state index in [1.54, 1.807) is 0 Å². The van der Waals surface area contributed by atoms with Crippen LogP contribution in [0.25, 0.3) is 0 Å². The van der Waals surface area contributed by atoms with Gasteiger partial charge in [-0.05, 0) is 31.1 Å². The van der Waals surface area contributed by atoms with Crippen LogP contribution >= 0.6 is 0 Å². The van der Waals surface area contributed by atoms with E-state index < -0.39 is 5.60 Å². The van der Waals surface area contributed by atoms with Gasteiger partial charge in [0, 0.05) is 39.1 Å². The van der Waals surface area contributed by atoms with Crippen molar-refractivity contribution in [2.75, 3.05) is 32.7 Å². The van der Waals surface area contributed by atoms with E-state index in [9.17, 15) is 9.90 Å². The fourth-order valence-corrected chi connectivity index (χ4v) is 3.94. The van der Waals surface area contributed by atoms with Crippen molar-refractivity contribution < 1.29 is 9.90 Å². The minimum Gasteiger partial charge on any atom is -0.388 e. The Morgan fingerprint density at radius 1 is 1.32 bits per heavy atom. The third-order valence-corrected chi connectivity index (χ3v) is 5.53. The molecule has 4 heteroatoms. The Labute approximate surface area is 115 Å². The molecule has 108 valence electrons. The molecule has 0 aromatic heterocycles. The summed E-state index contributed by atoms with van der Waals surface area (Å²) in [5.41, 5.74) is -0.465. The molecule has 2 saturated heterocycles. The number of carbonyl (C=O) groups excluding carboxylic acids is 1. The van der Waals surface area contributed by atoms with Crippen LogP contribution in [-0.4, -0.2) is 59.1 Å². The maximum absolute atomic E-state index is 11.6. The number of likely N-dealkylation sites (tertiary alicyclic amines) is 2. The molecule has 3 aliphatic rings. The molecule has 0 bridgehead atoms. The molecule has 1 amide bonds. The molecular formula is C15H26N2O2. The van der Waals surface area contributed by atoms with Crippen molar-refractivity contribution in [3.05, 3.63) is 0 Å². The molecule has 1 saturated carbocycles. The molecule has 3 rings (SSSR count). The van der Waals surface area contributed by atoms with E-state index in [4.69, 9.17) is 0 Å². The molecular weight excluding hydrogens is 240 g/mol. The molecule has 1 N–H and O–H groups in total. The maximum Gasteiger partial charge on any atom is 0.222 e. The van der Waals surface area contributed by atoms with Crippen molar-refractivity contribution in [3.8, 4) is 0 Å². The van der Waals surface area contributed by atoms with E-state index in [1.807, 2.05) is 4.90 Å². The summed E-state index contributed by atoms with van der Waals surface area (Å²) in [6.07, 6.45) is 5.41. The molecule has 2 heterocycles. The van der Waals surface area contributed by atoms with Crippen LogP contribution in [0.1, 0.15) is 39.0 Å². The normalized spacial score (nSPS) is 37.1. The van der Waals surface area contributed by atoms with Gasteiger partial charge in [-0.25, -0.2) is 0 Å². The van der Waals surface area contributed by atoms with Crippen molar-refractivity contribution in [1.29, 1.82) is 0 Å². The summed E-state index contributed by atoms with van der Waals surface area (Å²) in [4.78, 5) is 15.9. The summed E-state index contributed by atoms with van der Waals surface area (Å²) in [6.45, 7) is 6.65. The summed E-state index contributed by atoms with van der Waals surface area (Å²) in [5.74, 6) is 1.19. The van der Waals surface area contributed by atoms with E-state index in [0.29, 0.717) is 17.7 Å². The number of amides is 1. The van der Waals surface area contributed by atoms with Gasteiger partial charge in [0.15, 0.2) is 0 Å². The minimum absolute atomic E-state index is 0.307. The zero-order valence-electron chi connectivity index (χ0n) is 12.0. The van der Waals surface area contributed by atoms with Gasteiger partial charge < -0.3 is 10.0 Å². The topological polar surface area (TPSA) is 43.8 Å². The third kappa shape index (κ3) is 2.40. The largest absolute Gasteiger partial charge is 0.388 e. The summed E-state index contributed by atoms with van der Waals surface area (Å²) in [7, 11) is 0. The molecule has 0 aromatic carbocycles. The molecule has 0 spiro atoms. The predicted octanol–water partition coefficient (Wildman–Crippen LogP) is 1.09. The second kappa shape index (κ2) is 5.06. The standard InChI is InChI=1S/C15H26N2O2/c1-12-10-16(8-9-17-7-3-6-14(17)18)11-15(12,19)13-4-2-5-13/h12-13,19H,2-11H2,1H3/t12-,15+/m1/s1. The smallest absolute Gasteiger partial charge is 0.222 e. The van der Waals surface area contributed by atoms with Crippen molar-refractivity contribution in [1.82, 2.24) is 9.80 Å². The highest BCUT2D eigenvalue weighted by molar-refractivity contribution is 5.78. The Morgan fingerprint density at radius 3 is 2.68 bits per heavy atom. The van der Waals surface area contributed by atoms with Gasteiger partial charge in [-0.2, -0.15) is 0 Å². The summed E-state index contributed by atoms with van der Waals surface area (Å²) >= 11 is 0. The van der Waals surface area contributed by atoms with Crippen LogP contribution in [0.4, 0.5) is 0 Å². The Kier molecular flexibility index (Phi) is 3.56. The molecule has 2 atom stereocenters. The number of hydrogen-bond donors (Lipinski definition) is 1. The Morgan fingerprint density at radius 2 is 2.11 bits per heavy atom. The molecule has 1 aliphatic carbocycles. The van der Waals surface area contributed by atoms with E-state index in [-0.39, 0.29) is 0 Å². The first-order valence-corrected chi connectivity index (χ1v) is 7.82. The molecule has 3 fully saturated rings. The lowest BCUT2D eigenvalue weighted by atomic mass is 9.69. The van der Waals surface area contributed by atoms with Crippen molar-refractivity contribution in [2.24, 2.45) is 11.8 Å². The third-order valence-electron chi connectivity index (χ3n) is 5.53. The summed E-state index contributed by atoms with van der Waals surface area (Å²) in [5, 5.41) is 10.9. The van der Waals surface area contributed by atoms with Crippen LogP contribution < -0.4 is 0 Å². The van der Waals surface area contributed by atoms with Gasteiger partial charge in [0.25, 0.3) is 0 Å². The molecule has 0 unspecified atom stereocenters. The number of rotatable bonds is 4. The van der Waals surface area contributed by atoms with Crippen LogP contribution in [0.15, 0.2) is 0 Å². The van der Waals surface area contributed by atoms with Gasteiger partial charge in [-0.1, -0.05) is 13.3 Å². The van der Waals surface area contributed by atoms with E-state index in [0.717, 1.165) is 45.6 Å². The zero-order chi connectivity index (χ0) is 13.5. The highest BCUT2D eigenvalue weighted by atomic mass is 16.3. The van der Waals surface area contributed by atoms with Crippen LogP contribution in [0, 0.1) is 11.8 Å². The molecule has 0 aromatic rings. The monoisotopic (exact) mass is 266 g/mol. The second-order valence-electron chi connectivity index (χ2n) is 6.74. The lowest BCUT2D eigenvalue weighted by Gasteiger charge is -2.41. The molecule has 2 aliphatic heterocycles. The first-order chi connectivity index (χ1) is 9.09. The number of hydrogen-bond acceptors (Lipinski definition) is 3. The fourth-order valence-electron chi connectivity index (χ4n) is 3.94. The highest BCUT2D eigenvalue weighted by Crippen LogP contribution is 2.43. The number of carbonyl (C=O) groups is 1. The van der Waals surface area contributed by atoms with E-state index in [2.05, 4.69) is 11.8 Å². The SMILES string of the molecule is C[C@@H]1CN(CCN2CCCC2=O)C[C@@]1(O)C1CCC1. The van der Waals surface area contributed by atoms with Gasteiger partial charge in [0.1, 0.15) is 0 Å². The van der Waals surface area contributed by atoms with Gasteiger partial charge in [-0.3, -0.25) is 9.69 Å². The van der Waals surface area contributed by atoms with E-state index in [1.165, 1.54) is 19.3 Å². The van der Waals surface area contributed by atoms with Gasteiger partial charge in [0.05, 0.1) is 5.60 Å². The molecule has 4 nitrogen and oxygen atoms in total. The first-order valence-electron chi connectivity index (χ1n) is 7.82. The van der Waals surface area contributed by atoms with Gasteiger partial charge in [0.2, 0.25) is 5.91 Å². The highest BCUT2D eigenvalue weighted by Gasteiger charge is 2.49. The lowest BCUT2D eigenvalue weighted by molar-refractivity contribution is -0.127. The summed E-state index contributed by atoms with van der Waals surface area (Å²) < 4.78 is 0. The van der Waals surface area contributed by atoms with Gasteiger partial charge in [-0.15, -0.1) is 0 Å². The number of β-amino-alcohol motifs (C(OH)–C–C–N with tert-alkyl or cyclic N) is 1. The second-order valence-corrected chi connectivity index (χ2v) is 6.74. The van der Waals surface area contributed by atoms with Crippen molar-refractivity contribution in [2.45, 2.75) is 44.6 Å². The quantitative estimate of drug-likeness (QED) is 0.828. The summed E-state index contributed by atoms with van der Waals surface area (Å²) in [6, 6.07) is 0. The number of aliphatic hydroxyl groups is 1.